The molecule has 2 amide bonds. The Hall–Kier alpha value is -2.87. The molecule has 1 aliphatic heterocycles. The van der Waals surface area contributed by atoms with Crippen molar-refractivity contribution >= 4 is 39.1 Å². The summed E-state index contributed by atoms with van der Waals surface area (Å²) < 4.78 is 71.1. The minimum absolute atomic E-state index is 0.00836. The third kappa shape index (κ3) is 7.87. The number of hydrogen-bond acceptors (Lipinski definition) is 6. The lowest BCUT2D eigenvalue weighted by Crippen LogP contribution is -2.50. The number of alkyl halides is 3. The molecule has 2 aromatic rings. The molecule has 3 atom stereocenters. The fourth-order valence-electron chi connectivity index (χ4n) is 4.14. The first kappa shape index (κ1) is 31.7. The number of anilines is 1. The SMILES string of the molecule is C[C@H](CO)N1C[C@H](C)[C@@H](CN(C)S(=O)(=O)c2ccc(Cl)cc2)Oc2ccc(NC(=O)CCC(F)(F)F)cc2C1=O. The quantitative estimate of drug-likeness (QED) is 0.443. The average Bonchev–Trinajstić information content (AvgIpc) is 2.89. The number of benzene rings is 2. The molecule has 0 spiro atoms. The predicted molar refractivity (Wildman–Crippen MR) is 143 cm³/mol. The zero-order valence-electron chi connectivity index (χ0n) is 22.1. The van der Waals surface area contributed by atoms with E-state index < -0.39 is 53.0 Å². The lowest BCUT2D eigenvalue weighted by atomic mass is 9.99. The maximum Gasteiger partial charge on any atom is 0.389 e. The van der Waals surface area contributed by atoms with Crippen molar-refractivity contribution in [3.8, 4) is 5.75 Å². The molecule has 1 heterocycles. The van der Waals surface area contributed by atoms with Gasteiger partial charge in [0.05, 0.1) is 36.1 Å². The van der Waals surface area contributed by atoms with Crippen molar-refractivity contribution < 1.29 is 41.0 Å². The Bertz CT molecular complexity index is 1320. The number of halogens is 4. The first-order valence-corrected chi connectivity index (χ1v) is 14.2. The zero-order valence-corrected chi connectivity index (χ0v) is 23.7. The third-order valence-electron chi connectivity index (χ3n) is 6.54. The second-order valence-corrected chi connectivity index (χ2v) is 12.2. The normalized spacial score (nSPS) is 18.9. The molecule has 14 heteroatoms. The summed E-state index contributed by atoms with van der Waals surface area (Å²) in [4.78, 5) is 27.0. The number of fused-ring (bicyclic) bond motifs is 1. The zero-order chi connectivity index (χ0) is 29.8. The van der Waals surface area contributed by atoms with Crippen LogP contribution in [0.3, 0.4) is 0 Å². The van der Waals surface area contributed by atoms with E-state index in [0.717, 1.165) is 4.31 Å². The van der Waals surface area contributed by atoms with Crippen LogP contribution in [0.4, 0.5) is 18.9 Å². The minimum Gasteiger partial charge on any atom is -0.488 e. The Morgan fingerprint density at radius 2 is 1.90 bits per heavy atom. The van der Waals surface area contributed by atoms with Gasteiger partial charge in [0.2, 0.25) is 15.9 Å². The number of hydrogen-bond donors (Lipinski definition) is 2. The highest BCUT2D eigenvalue weighted by Crippen LogP contribution is 2.31. The summed E-state index contributed by atoms with van der Waals surface area (Å²) in [5, 5.41) is 12.5. The highest BCUT2D eigenvalue weighted by atomic mass is 35.5. The van der Waals surface area contributed by atoms with Crippen LogP contribution in [0.1, 0.15) is 37.0 Å². The molecule has 2 N–H and O–H groups in total. The van der Waals surface area contributed by atoms with Gasteiger partial charge in [-0.25, -0.2) is 8.42 Å². The highest BCUT2D eigenvalue weighted by molar-refractivity contribution is 7.89. The molecule has 0 aliphatic carbocycles. The summed E-state index contributed by atoms with van der Waals surface area (Å²) in [6.07, 6.45) is -7.31. The van der Waals surface area contributed by atoms with E-state index in [1.165, 1.54) is 54.4 Å². The van der Waals surface area contributed by atoms with Crippen LogP contribution in [-0.2, 0) is 14.8 Å². The fraction of sp³-hybridized carbons (Fsp3) is 0.462. The lowest BCUT2D eigenvalue weighted by molar-refractivity contribution is -0.142. The fourth-order valence-corrected chi connectivity index (χ4v) is 5.44. The van der Waals surface area contributed by atoms with Crippen molar-refractivity contribution in [3.05, 3.63) is 53.1 Å². The summed E-state index contributed by atoms with van der Waals surface area (Å²) in [5.41, 5.74) is 0.0983. The van der Waals surface area contributed by atoms with E-state index in [2.05, 4.69) is 5.32 Å². The third-order valence-corrected chi connectivity index (χ3v) is 8.63. The molecule has 0 aromatic heterocycles. The lowest BCUT2D eigenvalue weighted by Gasteiger charge is -2.38. The monoisotopic (exact) mass is 605 g/mol. The Balaban J connectivity index is 1.91. The molecule has 3 rings (SSSR count). The summed E-state index contributed by atoms with van der Waals surface area (Å²) in [6, 6.07) is 9.17. The van der Waals surface area contributed by atoms with Gasteiger partial charge in [-0.2, -0.15) is 17.5 Å². The minimum atomic E-state index is -4.49. The molecule has 0 saturated carbocycles. The molecule has 0 bridgehead atoms. The van der Waals surface area contributed by atoms with E-state index in [-0.39, 0.29) is 47.5 Å². The van der Waals surface area contributed by atoms with Crippen LogP contribution in [0.15, 0.2) is 47.4 Å². The largest absolute Gasteiger partial charge is 0.488 e. The van der Waals surface area contributed by atoms with Gasteiger partial charge in [-0.3, -0.25) is 9.59 Å². The number of ether oxygens (including phenoxy) is 1. The summed E-state index contributed by atoms with van der Waals surface area (Å²) in [7, 11) is -2.51. The number of carbonyl (C=O) groups excluding carboxylic acids is 2. The smallest absolute Gasteiger partial charge is 0.389 e. The Kier molecular flexibility index (Phi) is 10.1. The van der Waals surface area contributed by atoms with Crippen LogP contribution < -0.4 is 10.1 Å². The van der Waals surface area contributed by atoms with Crippen molar-refractivity contribution in [2.75, 3.05) is 32.1 Å². The summed E-state index contributed by atoms with van der Waals surface area (Å²) >= 11 is 5.89. The molecule has 2 aromatic carbocycles. The van der Waals surface area contributed by atoms with Gasteiger partial charge >= 0.3 is 6.18 Å². The standard InChI is InChI=1S/C26H31ClF3N3O6S/c1-16-13-33(17(2)15-34)25(36)21-12-19(31-24(35)10-11-26(28,29)30)6-9-22(21)39-23(16)14-32(3)40(37,38)20-7-4-18(27)5-8-20/h4-9,12,16-17,23,34H,10-11,13-15H2,1-3H3,(H,31,35)/t16-,17+,23+/m0/s1. The molecule has 0 saturated heterocycles. The number of aliphatic hydroxyl groups is 1. The van der Waals surface area contributed by atoms with Gasteiger partial charge in [-0.1, -0.05) is 18.5 Å². The Morgan fingerprint density at radius 1 is 1.25 bits per heavy atom. The first-order chi connectivity index (χ1) is 18.6. The average molecular weight is 606 g/mol. The van der Waals surface area contributed by atoms with Crippen LogP contribution in [0, 0.1) is 5.92 Å². The van der Waals surface area contributed by atoms with Crippen LogP contribution >= 0.6 is 11.6 Å². The van der Waals surface area contributed by atoms with Crippen molar-refractivity contribution in [1.29, 1.82) is 0 Å². The topological polar surface area (TPSA) is 116 Å². The Morgan fingerprint density at radius 3 is 2.50 bits per heavy atom. The number of sulfonamides is 1. The number of carbonyl (C=O) groups is 2. The van der Waals surface area contributed by atoms with Crippen LogP contribution in [0.25, 0.3) is 0 Å². The van der Waals surface area contributed by atoms with E-state index in [9.17, 15) is 36.3 Å². The van der Waals surface area contributed by atoms with Gasteiger partial charge in [0, 0.05) is 36.6 Å². The molecule has 40 heavy (non-hydrogen) atoms. The van der Waals surface area contributed by atoms with E-state index in [1.54, 1.807) is 13.8 Å². The van der Waals surface area contributed by atoms with Gasteiger partial charge in [0.1, 0.15) is 11.9 Å². The highest BCUT2D eigenvalue weighted by Gasteiger charge is 2.35. The second-order valence-electron chi connectivity index (χ2n) is 9.74. The summed E-state index contributed by atoms with van der Waals surface area (Å²) in [5.74, 6) is -1.68. The van der Waals surface area contributed by atoms with E-state index in [0.29, 0.717) is 5.02 Å². The number of nitrogens with one attached hydrogen (secondary N) is 1. The molecule has 1 aliphatic rings. The number of nitrogens with zero attached hydrogens (tertiary/aromatic N) is 2. The van der Waals surface area contributed by atoms with Gasteiger partial charge < -0.3 is 20.1 Å². The van der Waals surface area contributed by atoms with Gasteiger partial charge in [-0.05, 0) is 49.4 Å². The van der Waals surface area contributed by atoms with Crippen LogP contribution in [-0.4, -0.2) is 79.6 Å². The summed E-state index contributed by atoms with van der Waals surface area (Å²) in [6.45, 7) is 3.11. The van der Waals surface area contributed by atoms with Crippen LogP contribution in [0.5, 0.6) is 5.75 Å². The van der Waals surface area contributed by atoms with Gasteiger partial charge in [-0.15, -0.1) is 0 Å². The molecule has 0 unspecified atom stereocenters. The number of aliphatic hydroxyl groups excluding tert-OH is 1. The predicted octanol–water partition coefficient (Wildman–Crippen LogP) is 4.16. The van der Waals surface area contributed by atoms with Crippen molar-refractivity contribution in [1.82, 2.24) is 9.21 Å². The van der Waals surface area contributed by atoms with E-state index >= 15 is 0 Å². The maximum atomic E-state index is 13.5. The van der Waals surface area contributed by atoms with Gasteiger partial charge in [0.15, 0.2) is 0 Å². The van der Waals surface area contributed by atoms with Crippen molar-refractivity contribution in [3.63, 3.8) is 0 Å². The molecular weight excluding hydrogens is 575 g/mol. The number of amides is 2. The number of rotatable bonds is 9. The maximum absolute atomic E-state index is 13.5. The molecule has 0 radical (unpaired) electrons. The second kappa shape index (κ2) is 12.8. The number of likely N-dealkylation sites (N-methyl/N-ethyl adjacent to an activating group) is 1. The van der Waals surface area contributed by atoms with Gasteiger partial charge in [0.25, 0.3) is 5.91 Å². The van der Waals surface area contributed by atoms with E-state index in [1.807, 2.05) is 0 Å². The molecular formula is C26H31ClF3N3O6S. The van der Waals surface area contributed by atoms with Crippen molar-refractivity contribution in [2.24, 2.45) is 5.92 Å². The molecule has 0 fully saturated rings. The van der Waals surface area contributed by atoms with E-state index in [4.69, 9.17) is 16.3 Å². The Labute approximate surface area is 235 Å². The van der Waals surface area contributed by atoms with Crippen LogP contribution in [0.2, 0.25) is 5.02 Å². The first-order valence-electron chi connectivity index (χ1n) is 12.4. The molecule has 220 valence electrons. The molecule has 9 nitrogen and oxygen atoms in total. The van der Waals surface area contributed by atoms with Crippen molar-refractivity contribution in [2.45, 2.75) is 49.9 Å².